The summed E-state index contributed by atoms with van der Waals surface area (Å²) in [7, 11) is 3.75. The van der Waals surface area contributed by atoms with Crippen LogP contribution in [0.5, 0.6) is 0 Å². The Hall–Kier alpha value is -3.32. The maximum atomic E-state index is 13.7. The van der Waals surface area contributed by atoms with Crippen LogP contribution in [-0.2, 0) is 9.59 Å². The Morgan fingerprint density at radius 3 is 2.45 bits per heavy atom. The Morgan fingerprint density at radius 1 is 0.966 bits per heavy atom. The van der Waals surface area contributed by atoms with Gasteiger partial charge in [-0.15, -0.1) is 0 Å². The van der Waals surface area contributed by atoms with Crippen molar-refractivity contribution in [2.75, 3.05) is 26.0 Å². The van der Waals surface area contributed by atoms with E-state index in [1.807, 2.05) is 61.5 Å². The molecule has 0 aliphatic carbocycles. The van der Waals surface area contributed by atoms with Crippen LogP contribution in [0.25, 0.3) is 10.8 Å². The highest BCUT2D eigenvalue weighted by Crippen LogP contribution is 2.26. The molecule has 0 heterocycles. The first-order valence-electron chi connectivity index (χ1n) is 9.05. The number of likely N-dealkylation sites (N-methyl/N-ethyl adjacent to an activating group) is 1. The Morgan fingerprint density at radius 2 is 1.69 bits per heavy atom. The van der Waals surface area contributed by atoms with Gasteiger partial charge in [-0.1, -0.05) is 42.5 Å². The molecule has 0 spiro atoms. The van der Waals surface area contributed by atoms with Gasteiger partial charge in [-0.2, -0.15) is 0 Å². The molecule has 2 amide bonds. The lowest BCUT2D eigenvalue weighted by molar-refractivity contribution is -0.136. The predicted octanol–water partition coefficient (Wildman–Crippen LogP) is 3.48. The third-order valence-corrected chi connectivity index (χ3v) is 4.64. The van der Waals surface area contributed by atoms with Crippen LogP contribution in [0.2, 0.25) is 0 Å². The lowest BCUT2D eigenvalue weighted by atomic mass is 9.98. The first-order valence-corrected chi connectivity index (χ1v) is 9.05. The summed E-state index contributed by atoms with van der Waals surface area (Å²) in [5, 5.41) is 6.79. The van der Waals surface area contributed by atoms with Crippen LogP contribution >= 0.6 is 0 Å². The SMILES string of the molecule is CN(C)[C@H](CNC(=O)C(=O)Nc1cc(F)ccc1F)c1cccc2ccccc12. The number of fused-ring (bicyclic) bond motifs is 1. The van der Waals surface area contributed by atoms with Gasteiger partial charge in [0.25, 0.3) is 0 Å². The van der Waals surface area contributed by atoms with Crippen LogP contribution in [0.4, 0.5) is 14.5 Å². The van der Waals surface area contributed by atoms with E-state index < -0.39 is 23.4 Å². The van der Waals surface area contributed by atoms with Gasteiger partial charge >= 0.3 is 11.8 Å². The van der Waals surface area contributed by atoms with Gasteiger partial charge in [-0.3, -0.25) is 9.59 Å². The van der Waals surface area contributed by atoms with Crippen molar-refractivity contribution in [1.82, 2.24) is 10.2 Å². The zero-order valence-corrected chi connectivity index (χ0v) is 16.1. The molecule has 0 aliphatic heterocycles. The number of rotatable bonds is 5. The summed E-state index contributed by atoms with van der Waals surface area (Å²) in [5.41, 5.74) is 0.619. The van der Waals surface area contributed by atoms with Crippen LogP contribution in [0.1, 0.15) is 11.6 Å². The van der Waals surface area contributed by atoms with Gasteiger partial charge in [-0.25, -0.2) is 8.78 Å². The minimum atomic E-state index is -1.06. The Labute approximate surface area is 167 Å². The minimum absolute atomic E-state index is 0.166. The Balaban J connectivity index is 1.72. The molecule has 29 heavy (non-hydrogen) atoms. The van der Waals surface area contributed by atoms with Crippen molar-refractivity contribution >= 4 is 28.3 Å². The summed E-state index contributed by atoms with van der Waals surface area (Å²) in [6, 6.07) is 16.3. The van der Waals surface area contributed by atoms with E-state index in [4.69, 9.17) is 0 Å². The molecule has 150 valence electrons. The molecule has 0 saturated heterocycles. The summed E-state index contributed by atoms with van der Waals surface area (Å²) >= 11 is 0. The molecular formula is C22H21F2N3O2. The van der Waals surface area contributed by atoms with E-state index in [0.717, 1.165) is 34.5 Å². The Kier molecular flexibility index (Phi) is 6.19. The predicted molar refractivity (Wildman–Crippen MR) is 108 cm³/mol. The number of carbonyl (C=O) groups is 2. The number of carbonyl (C=O) groups excluding carboxylic acids is 2. The second kappa shape index (κ2) is 8.79. The monoisotopic (exact) mass is 397 g/mol. The van der Waals surface area contributed by atoms with Crippen molar-refractivity contribution < 1.29 is 18.4 Å². The number of anilines is 1. The fourth-order valence-electron chi connectivity index (χ4n) is 3.15. The number of amides is 2. The molecule has 3 rings (SSSR count). The smallest absolute Gasteiger partial charge is 0.313 e. The minimum Gasteiger partial charge on any atom is -0.346 e. The average molecular weight is 397 g/mol. The lowest BCUT2D eigenvalue weighted by Gasteiger charge is -2.26. The molecule has 0 radical (unpaired) electrons. The van der Waals surface area contributed by atoms with Gasteiger partial charge in [0.15, 0.2) is 0 Å². The third kappa shape index (κ3) is 4.75. The first kappa shape index (κ1) is 20.4. The molecule has 0 fully saturated rings. The van der Waals surface area contributed by atoms with E-state index in [2.05, 4.69) is 10.6 Å². The molecule has 0 bridgehead atoms. The van der Waals surface area contributed by atoms with E-state index in [0.29, 0.717) is 0 Å². The number of benzene rings is 3. The zero-order valence-electron chi connectivity index (χ0n) is 16.1. The molecule has 3 aromatic rings. The van der Waals surface area contributed by atoms with Gasteiger partial charge in [0.05, 0.1) is 11.7 Å². The molecule has 0 aromatic heterocycles. The van der Waals surface area contributed by atoms with Gasteiger partial charge in [0.2, 0.25) is 0 Å². The number of hydrogen-bond acceptors (Lipinski definition) is 3. The molecule has 2 N–H and O–H groups in total. The van der Waals surface area contributed by atoms with E-state index in [1.54, 1.807) is 0 Å². The van der Waals surface area contributed by atoms with Crippen LogP contribution in [0.3, 0.4) is 0 Å². The molecule has 0 aliphatic rings. The van der Waals surface area contributed by atoms with Crippen molar-refractivity contribution in [2.24, 2.45) is 0 Å². The van der Waals surface area contributed by atoms with Crippen molar-refractivity contribution in [3.05, 3.63) is 77.9 Å². The highest BCUT2D eigenvalue weighted by atomic mass is 19.1. The first-order chi connectivity index (χ1) is 13.9. The normalized spacial score (nSPS) is 12.0. The number of nitrogens with zero attached hydrogens (tertiary/aromatic N) is 1. The fourth-order valence-corrected chi connectivity index (χ4v) is 3.15. The summed E-state index contributed by atoms with van der Waals surface area (Å²) in [5.74, 6) is -3.54. The van der Waals surface area contributed by atoms with Gasteiger partial charge < -0.3 is 15.5 Å². The fraction of sp³-hybridized carbons (Fsp3) is 0.182. The molecule has 7 heteroatoms. The maximum absolute atomic E-state index is 13.7. The molecule has 0 saturated carbocycles. The standard InChI is InChI=1S/C22H21F2N3O2/c1-27(2)20(17-9-5-7-14-6-3-4-8-16(14)17)13-25-21(28)22(29)26-19-12-15(23)10-11-18(19)24/h3-12,20H,13H2,1-2H3,(H,25,28)(H,26,29)/t20-/m1/s1. The second-order valence-electron chi connectivity index (χ2n) is 6.84. The quantitative estimate of drug-likeness (QED) is 0.648. The van der Waals surface area contributed by atoms with E-state index in [-0.39, 0.29) is 18.3 Å². The highest BCUT2D eigenvalue weighted by molar-refractivity contribution is 6.39. The number of hydrogen-bond donors (Lipinski definition) is 2. The topological polar surface area (TPSA) is 61.4 Å². The summed E-state index contributed by atoms with van der Waals surface area (Å²) in [6.07, 6.45) is 0. The van der Waals surface area contributed by atoms with Gasteiger partial charge in [0.1, 0.15) is 11.6 Å². The van der Waals surface area contributed by atoms with Crippen LogP contribution < -0.4 is 10.6 Å². The largest absolute Gasteiger partial charge is 0.346 e. The van der Waals surface area contributed by atoms with Gasteiger partial charge in [-0.05, 0) is 42.6 Å². The molecule has 0 unspecified atom stereocenters. The Bertz CT molecular complexity index is 1050. The van der Waals surface area contributed by atoms with Crippen molar-refractivity contribution in [1.29, 1.82) is 0 Å². The summed E-state index contributed by atoms with van der Waals surface area (Å²) in [6.45, 7) is 0.166. The molecule has 3 aromatic carbocycles. The molecule has 1 atom stereocenters. The third-order valence-electron chi connectivity index (χ3n) is 4.64. The number of nitrogens with one attached hydrogen (secondary N) is 2. The van der Waals surface area contributed by atoms with E-state index in [1.165, 1.54) is 0 Å². The summed E-state index contributed by atoms with van der Waals surface area (Å²) < 4.78 is 26.9. The second-order valence-corrected chi connectivity index (χ2v) is 6.84. The van der Waals surface area contributed by atoms with Crippen LogP contribution in [0.15, 0.2) is 60.7 Å². The summed E-state index contributed by atoms with van der Waals surface area (Å²) in [4.78, 5) is 26.2. The van der Waals surface area contributed by atoms with E-state index >= 15 is 0 Å². The van der Waals surface area contributed by atoms with Crippen molar-refractivity contribution in [2.45, 2.75) is 6.04 Å². The lowest BCUT2D eigenvalue weighted by Crippen LogP contribution is -2.40. The van der Waals surface area contributed by atoms with Crippen LogP contribution in [0, 0.1) is 11.6 Å². The van der Waals surface area contributed by atoms with E-state index in [9.17, 15) is 18.4 Å². The van der Waals surface area contributed by atoms with Crippen molar-refractivity contribution in [3.63, 3.8) is 0 Å². The molecule has 5 nitrogen and oxygen atoms in total. The highest BCUT2D eigenvalue weighted by Gasteiger charge is 2.21. The average Bonchev–Trinajstić information content (AvgIpc) is 2.70. The molecular weight excluding hydrogens is 376 g/mol. The van der Waals surface area contributed by atoms with Crippen LogP contribution in [-0.4, -0.2) is 37.4 Å². The maximum Gasteiger partial charge on any atom is 0.313 e. The van der Waals surface area contributed by atoms with Crippen molar-refractivity contribution in [3.8, 4) is 0 Å². The van der Waals surface area contributed by atoms with Gasteiger partial charge in [0, 0.05) is 12.6 Å². The zero-order chi connectivity index (χ0) is 21.0. The number of halogens is 2.